The van der Waals surface area contributed by atoms with Crippen LogP contribution in [-0.4, -0.2) is 55.1 Å². The Bertz CT molecular complexity index is 513. The lowest BCUT2D eigenvalue weighted by Crippen LogP contribution is -2.37. The molecular weight excluding hydrogens is 290 g/mol. The Balaban J connectivity index is 1.91. The third-order valence-corrected chi connectivity index (χ3v) is 3.92. The molecule has 23 heavy (non-hydrogen) atoms. The predicted octanol–water partition coefficient (Wildman–Crippen LogP) is 2.96. The number of aliphatic hydroxyl groups is 1. The summed E-state index contributed by atoms with van der Waals surface area (Å²) in [5.74, 6) is 0.958. The van der Waals surface area contributed by atoms with Gasteiger partial charge in [-0.2, -0.15) is 0 Å². The van der Waals surface area contributed by atoms with Gasteiger partial charge in [-0.3, -0.25) is 4.90 Å². The Hall–Kier alpha value is -1.36. The van der Waals surface area contributed by atoms with E-state index < -0.39 is 6.10 Å². The Morgan fingerprint density at radius 3 is 2.70 bits per heavy atom. The third-order valence-electron chi connectivity index (χ3n) is 3.92. The van der Waals surface area contributed by atoms with Crippen LogP contribution >= 0.6 is 0 Å². The van der Waals surface area contributed by atoms with E-state index in [1.165, 1.54) is 11.1 Å². The van der Waals surface area contributed by atoms with Crippen molar-refractivity contribution in [3.63, 3.8) is 0 Å². The molecule has 4 heteroatoms. The molecule has 0 saturated carbocycles. The molecule has 1 aromatic carbocycles. The zero-order chi connectivity index (χ0) is 16.7. The summed E-state index contributed by atoms with van der Waals surface area (Å²) < 4.78 is 11.2. The fourth-order valence-electron chi connectivity index (χ4n) is 2.79. The van der Waals surface area contributed by atoms with E-state index in [4.69, 9.17) is 9.47 Å². The Labute approximate surface area is 139 Å². The van der Waals surface area contributed by atoms with E-state index in [0.29, 0.717) is 19.8 Å². The highest BCUT2D eigenvalue weighted by molar-refractivity contribution is 5.71. The molecule has 1 atom stereocenters. The topological polar surface area (TPSA) is 41.9 Å². The van der Waals surface area contributed by atoms with Crippen LogP contribution in [0.1, 0.15) is 32.8 Å². The van der Waals surface area contributed by atoms with Crippen LogP contribution in [0.3, 0.4) is 0 Å². The van der Waals surface area contributed by atoms with Gasteiger partial charge in [0.1, 0.15) is 5.75 Å². The number of aliphatic hydroxyl groups excluding tert-OH is 1. The maximum Gasteiger partial charge on any atom is 0.126 e. The van der Waals surface area contributed by atoms with Crippen molar-refractivity contribution in [3.8, 4) is 5.75 Å². The zero-order valence-electron chi connectivity index (χ0n) is 14.5. The van der Waals surface area contributed by atoms with Crippen LogP contribution in [0.5, 0.6) is 5.75 Å². The van der Waals surface area contributed by atoms with Crippen molar-refractivity contribution in [1.29, 1.82) is 0 Å². The minimum atomic E-state index is -0.428. The second-order valence-electron chi connectivity index (χ2n) is 6.20. The second kappa shape index (κ2) is 9.06. The van der Waals surface area contributed by atoms with E-state index in [1.807, 2.05) is 32.9 Å². The van der Waals surface area contributed by atoms with E-state index >= 15 is 0 Å². The molecule has 0 saturated heterocycles. The van der Waals surface area contributed by atoms with Gasteiger partial charge in [0.2, 0.25) is 0 Å². The van der Waals surface area contributed by atoms with Gasteiger partial charge >= 0.3 is 0 Å². The van der Waals surface area contributed by atoms with E-state index in [-0.39, 0.29) is 6.10 Å². The van der Waals surface area contributed by atoms with Crippen LogP contribution in [0.25, 0.3) is 5.57 Å². The lowest BCUT2D eigenvalue weighted by molar-refractivity contribution is -0.00723. The van der Waals surface area contributed by atoms with E-state index in [1.54, 1.807) is 0 Å². The van der Waals surface area contributed by atoms with Crippen molar-refractivity contribution in [2.75, 3.05) is 32.8 Å². The van der Waals surface area contributed by atoms with Crippen LogP contribution in [0.15, 0.2) is 30.3 Å². The normalized spacial score (nSPS) is 17.2. The highest BCUT2D eigenvalue weighted by Crippen LogP contribution is 2.30. The van der Waals surface area contributed by atoms with Gasteiger partial charge in [0.15, 0.2) is 0 Å². The van der Waals surface area contributed by atoms with Crippen LogP contribution in [0, 0.1) is 0 Å². The molecule has 1 unspecified atom stereocenters. The first kappa shape index (κ1) is 18.0. The van der Waals surface area contributed by atoms with Crippen molar-refractivity contribution < 1.29 is 14.6 Å². The Morgan fingerprint density at radius 1 is 1.26 bits per heavy atom. The summed E-state index contributed by atoms with van der Waals surface area (Å²) >= 11 is 0. The summed E-state index contributed by atoms with van der Waals surface area (Å²) in [6, 6.07) is 8.21. The molecule has 0 aromatic heterocycles. The van der Waals surface area contributed by atoms with Crippen LogP contribution < -0.4 is 4.74 Å². The van der Waals surface area contributed by atoms with Crippen LogP contribution in [0.4, 0.5) is 0 Å². The first-order chi connectivity index (χ1) is 11.1. The van der Waals surface area contributed by atoms with Gasteiger partial charge in [-0.15, -0.1) is 0 Å². The van der Waals surface area contributed by atoms with Gasteiger partial charge in [-0.1, -0.05) is 24.3 Å². The van der Waals surface area contributed by atoms with E-state index in [0.717, 1.165) is 25.3 Å². The van der Waals surface area contributed by atoms with Gasteiger partial charge < -0.3 is 14.6 Å². The van der Waals surface area contributed by atoms with Crippen molar-refractivity contribution in [2.24, 2.45) is 0 Å². The molecule has 0 amide bonds. The molecule has 4 nitrogen and oxygen atoms in total. The number of nitrogens with zero attached hydrogens (tertiary/aromatic N) is 1. The average molecular weight is 319 g/mol. The van der Waals surface area contributed by atoms with Gasteiger partial charge in [-0.05, 0) is 38.8 Å². The minimum absolute atomic E-state index is 0.160. The number of β-amino-alcohol motifs (C(OH)–C–C–N with tert-alkyl or cyclic N) is 1. The molecule has 1 aliphatic rings. The number of rotatable bonds is 8. The third kappa shape index (κ3) is 5.65. The molecule has 2 rings (SSSR count). The number of ether oxygens (including phenoxy) is 2. The molecule has 0 radical (unpaired) electrons. The quantitative estimate of drug-likeness (QED) is 0.800. The van der Waals surface area contributed by atoms with Crippen molar-refractivity contribution in [1.82, 2.24) is 4.90 Å². The van der Waals surface area contributed by atoms with E-state index in [9.17, 15) is 5.11 Å². The fourth-order valence-corrected chi connectivity index (χ4v) is 2.79. The standard InChI is InChI=1S/C19H29NO3/c1-4-22-19-8-6-5-7-18(19)16-9-11-20(12-10-16)13-17(21)14-23-15(2)3/h5-9,15,17,21H,4,10-14H2,1-3H3. The summed E-state index contributed by atoms with van der Waals surface area (Å²) in [6.07, 6.45) is 2.95. The first-order valence-corrected chi connectivity index (χ1v) is 8.53. The van der Waals surface area contributed by atoms with Crippen molar-refractivity contribution >= 4 is 5.57 Å². The molecule has 1 heterocycles. The second-order valence-corrected chi connectivity index (χ2v) is 6.20. The van der Waals surface area contributed by atoms with Gasteiger partial charge in [-0.25, -0.2) is 0 Å². The monoisotopic (exact) mass is 319 g/mol. The first-order valence-electron chi connectivity index (χ1n) is 8.53. The average Bonchev–Trinajstić information content (AvgIpc) is 2.55. The highest BCUT2D eigenvalue weighted by atomic mass is 16.5. The molecule has 0 bridgehead atoms. The largest absolute Gasteiger partial charge is 0.493 e. The summed E-state index contributed by atoms with van der Waals surface area (Å²) in [6.45, 7) is 9.52. The van der Waals surface area contributed by atoms with Crippen molar-refractivity contribution in [3.05, 3.63) is 35.9 Å². The van der Waals surface area contributed by atoms with Crippen LogP contribution in [0.2, 0.25) is 0 Å². The maximum atomic E-state index is 10.0. The summed E-state index contributed by atoms with van der Waals surface area (Å²) in [5, 5.41) is 10.0. The summed E-state index contributed by atoms with van der Waals surface area (Å²) in [5.41, 5.74) is 2.52. The zero-order valence-corrected chi connectivity index (χ0v) is 14.5. The Kier molecular flexibility index (Phi) is 7.09. The molecular formula is C19H29NO3. The highest BCUT2D eigenvalue weighted by Gasteiger charge is 2.18. The van der Waals surface area contributed by atoms with Gasteiger partial charge in [0.25, 0.3) is 0 Å². The molecule has 0 fully saturated rings. The lowest BCUT2D eigenvalue weighted by Gasteiger charge is -2.29. The SMILES string of the molecule is CCOc1ccccc1C1=CCN(CC(O)COC(C)C)CC1. The fraction of sp³-hybridized carbons (Fsp3) is 0.579. The Morgan fingerprint density at radius 2 is 2.04 bits per heavy atom. The van der Waals surface area contributed by atoms with Crippen LogP contribution in [-0.2, 0) is 4.74 Å². The molecule has 128 valence electrons. The maximum absolute atomic E-state index is 10.0. The van der Waals surface area contributed by atoms with Gasteiger partial charge in [0.05, 0.1) is 25.4 Å². The summed E-state index contributed by atoms with van der Waals surface area (Å²) in [4.78, 5) is 2.27. The van der Waals surface area contributed by atoms with Gasteiger partial charge in [0, 0.05) is 25.2 Å². The summed E-state index contributed by atoms with van der Waals surface area (Å²) in [7, 11) is 0. The molecule has 0 aliphatic carbocycles. The smallest absolute Gasteiger partial charge is 0.126 e. The number of benzene rings is 1. The van der Waals surface area contributed by atoms with Crippen molar-refractivity contribution in [2.45, 2.75) is 39.4 Å². The molecule has 1 aromatic rings. The number of para-hydroxylation sites is 1. The number of hydrogen-bond acceptors (Lipinski definition) is 4. The van der Waals surface area contributed by atoms with E-state index in [2.05, 4.69) is 23.1 Å². The predicted molar refractivity (Wildman–Crippen MR) is 93.7 cm³/mol. The molecule has 1 N–H and O–H groups in total. The molecule has 1 aliphatic heterocycles. The number of hydrogen-bond donors (Lipinski definition) is 1. The molecule has 0 spiro atoms. The lowest BCUT2D eigenvalue weighted by atomic mass is 9.98. The minimum Gasteiger partial charge on any atom is -0.493 e.